The van der Waals surface area contributed by atoms with Crippen LogP contribution in [0, 0.1) is 5.92 Å². The zero-order valence-corrected chi connectivity index (χ0v) is 16.6. The molecule has 1 aromatic carbocycles. The first-order valence-electron chi connectivity index (χ1n) is 8.28. The van der Waals surface area contributed by atoms with E-state index in [0.717, 1.165) is 26.2 Å². The van der Waals surface area contributed by atoms with E-state index in [2.05, 4.69) is 15.5 Å². The van der Waals surface area contributed by atoms with Gasteiger partial charge < -0.3 is 15.7 Å². The molecular weight excluding hydrogens is 381 g/mol. The van der Waals surface area contributed by atoms with E-state index >= 15 is 0 Å². The molecule has 3 N–H and O–H groups in total. The van der Waals surface area contributed by atoms with Crippen molar-refractivity contribution in [2.24, 2.45) is 5.92 Å². The van der Waals surface area contributed by atoms with Crippen LogP contribution in [0.1, 0.15) is 15.9 Å². The van der Waals surface area contributed by atoms with E-state index in [-0.39, 0.29) is 42.7 Å². The number of hydrogen-bond acceptors (Lipinski definition) is 5. The number of thioether (sulfide) groups is 1. The molecule has 2 aliphatic heterocycles. The second kappa shape index (κ2) is 11.3. The Bertz CT molecular complexity index is 527. The molecule has 2 heterocycles. The second-order valence-electron chi connectivity index (χ2n) is 6.28. The van der Waals surface area contributed by atoms with Crippen molar-refractivity contribution in [2.45, 2.75) is 12.6 Å². The molecule has 2 aliphatic rings. The van der Waals surface area contributed by atoms with E-state index < -0.39 is 0 Å². The Morgan fingerprint density at radius 2 is 1.88 bits per heavy atom. The van der Waals surface area contributed by atoms with Crippen LogP contribution >= 0.6 is 36.6 Å². The predicted octanol–water partition coefficient (Wildman–Crippen LogP) is 1.39. The molecule has 2 unspecified atom stereocenters. The fourth-order valence-corrected chi connectivity index (χ4v) is 4.01. The number of amides is 1. The number of hydrogen-bond donors (Lipinski definition) is 3. The first-order chi connectivity index (χ1) is 11.2. The highest BCUT2D eigenvalue weighted by molar-refractivity contribution is 7.99. The Kier molecular flexibility index (Phi) is 10.2. The number of rotatable bonds is 5. The van der Waals surface area contributed by atoms with Crippen molar-refractivity contribution >= 4 is 42.5 Å². The molecule has 142 valence electrons. The molecule has 2 atom stereocenters. The first kappa shape index (κ1) is 22.5. The number of nitrogens with one attached hydrogen (secondary N) is 2. The van der Waals surface area contributed by atoms with Crippen molar-refractivity contribution < 1.29 is 9.90 Å². The topological polar surface area (TPSA) is 64.6 Å². The molecule has 0 bridgehead atoms. The average molecular weight is 408 g/mol. The molecule has 1 amide bonds. The maximum Gasteiger partial charge on any atom is 0.251 e. The van der Waals surface area contributed by atoms with Gasteiger partial charge in [0, 0.05) is 62.3 Å². The van der Waals surface area contributed by atoms with Crippen LogP contribution < -0.4 is 10.6 Å². The lowest BCUT2D eigenvalue weighted by molar-refractivity contribution is 0.0927. The molecule has 2 fully saturated rings. The molecule has 0 radical (unpaired) electrons. The molecule has 5 nitrogen and oxygen atoms in total. The second-order valence-corrected chi connectivity index (χ2v) is 7.51. The van der Waals surface area contributed by atoms with Gasteiger partial charge in [0.2, 0.25) is 0 Å². The summed E-state index contributed by atoms with van der Waals surface area (Å²) in [6.07, 6.45) is -0.361. The minimum atomic E-state index is -0.361. The molecule has 1 aromatic rings. The predicted molar refractivity (Wildman–Crippen MR) is 108 cm³/mol. The van der Waals surface area contributed by atoms with Gasteiger partial charge in [0.25, 0.3) is 5.91 Å². The highest BCUT2D eigenvalue weighted by Crippen LogP contribution is 2.14. The Morgan fingerprint density at radius 1 is 1.20 bits per heavy atom. The highest BCUT2D eigenvalue weighted by atomic mass is 35.5. The third-order valence-corrected chi connectivity index (χ3v) is 5.50. The van der Waals surface area contributed by atoms with E-state index in [4.69, 9.17) is 0 Å². The summed E-state index contributed by atoms with van der Waals surface area (Å²) in [5.41, 5.74) is 1.94. The quantitative estimate of drug-likeness (QED) is 0.688. The molecule has 0 aliphatic carbocycles. The van der Waals surface area contributed by atoms with Crippen LogP contribution in [0.25, 0.3) is 0 Å². The Labute approximate surface area is 166 Å². The number of β-amino-alcohol motifs (C(OH)–C–C–N with tert-alkyl or cyclic N) is 1. The zero-order chi connectivity index (χ0) is 16.1. The molecule has 0 aromatic heterocycles. The molecule has 2 saturated heterocycles. The van der Waals surface area contributed by atoms with Crippen molar-refractivity contribution in [3.8, 4) is 0 Å². The Morgan fingerprint density at radius 3 is 2.48 bits per heavy atom. The van der Waals surface area contributed by atoms with Crippen LogP contribution in [0.2, 0.25) is 0 Å². The minimum Gasteiger partial charge on any atom is -0.391 e. The normalized spacial score (nSPS) is 23.4. The number of carbonyl (C=O) groups excluding carboxylic acids is 1. The number of nitrogens with zero attached hydrogens (tertiary/aromatic N) is 1. The molecule has 3 rings (SSSR count). The summed E-state index contributed by atoms with van der Waals surface area (Å²) in [7, 11) is 0. The summed E-state index contributed by atoms with van der Waals surface area (Å²) < 4.78 is 0. The third kappa shape index (κ3) is 6.62. The van der Waals surface area contributed by atoms with Gasteiger partial charge >= 0.3 is 0 Å². The zero-order valence-electron chi connectivity index (χ0n) is 14.1. The maximum atomic E-state index is 12.2. The monoisotopic (exact) mass is 407 g/mol. The van der Waals surface area contributed by atoms with Crippen LogP contribution in [0.3, 0.4) is 0 Å². The van der Waals surface area contributed by atoms with E-state index in [1.165, 1.54) is 17.1 Å². The van der Waals surface area contributed by atoms with Gasteiger partial charge in [-0.05, 0) is 17.7 Å². The third-order valence-electron chi connectivity index (χ3n) is 4.55. The van der Waals surface area contributed by atoms with Crippen molar-refractivity contribution in [3.63, 3.8) is 0 Å². The number of aliphatic hydroxyl groups is 1. The molecule has 0 saturated carbocycles. The van der Waals surface area contributed by atoms with Gasteiger partial charge in [-0.2, -0.15) is 11.8 Å². The Hall–Kier alpha value is -0.500. The van der Waals surface area contributed by atoms with E-state index in [1.54, 1.807) is 0 Å². The van der Waals surface area contributed by atoms with Crippen molar-refractivity contribution in [1.29, 1.82) is 0 Å². The molecule has 0 spiro atoms. The summed E-state index contributed by atoms with van der Waals surface area (Å²) >= 11 is 2.01. The highest BCUT2D eigenvalue weighted by Gasteiger charge is 2.25. The van der Waals surface area contributed by atoms with Crippen molar-refractivity contribution in [2.75, 3.05) is 44.2 Å². The largest absolute Gasteiger partial charge is 0.391 e. The summed E-state index contributed by atoms with van der Waals surface area (Å²) in [5, 5.41) is 15.8. The van der Waals surface area contributed by atoms with E-state index in [1.807, 2.05) is 36.0 Å². The summed E-state index contributed by atoms with van der Waals surface area (Å²) in [5.74, 6) is 2.46. The smallest absolute Gasteiger partial charge is 0.251 e. The van der Waals surface area contributed by atoms with Gasteiger partial charge in [-0.1, -0.05) is 12.1 Å². The molecule has 25 heavy (non-hydrogen) atoms. The molecule has 8 heteroatoms. The molecular formula is C17H27Cl2N3O2S. The van der Waals surface area contributed by atoms with Crippen LogP contribution in [-0.2, 0) is 6.54 Å². The number of halogens is 2. The fraction of sp³-hybridized carbons (Fsp3) is 0.588. The first-order valence-corrected chi connectivity index (χ1v) is 9.44. The van der Waals surface area contributed by atoms with Crippen LogP contribution in [0.5, 0.6) is 0 Å². The standard InChI is InChI=1S/C17H25N3O2S.2ClH/c21-16-11-18-9-15(16)10-19-17(22)14-3-1-13(2-4-14)12-20-5-7-23-8-6-20;;/h1-4,15-16,18,21H,5-12H2,(H,19,22);2*1H. The summed E-state index contributed by atoms with van der Waals surface area (Å²) in [6.45, 7) is 5.14. The lowest BCUT2D eigenvalue weighted by Crippen LogP contribution is -2.34. The number of carbonyl (C=O) groups is 1. The van der Waals surface area contributed by atoms with Crippen molar-refractivity contribution in [3.05, 3.63) is 35.4 Å². The maximum absolute atomic E-state index is 12.2. The van der Waals surface area contributed by atoms with E-state index in [9.17, 15) is 9.90 Å². The van der Waals surface area contributed by atoms with Crippen LogP contribution in [-0.4, -0.2) is 66.2 Å². The van der Waals surface area contributed by atoms with Gasteiger partial charge in [-0.15, -0.1) is 24.8 Å². The Balaban J connectivity index is 0.00000156. The van der Waals surface area contributed by atoms with Gasteiger partial charge in [0.05, 0.1) is 6.10 Å². The summed E-state index contributed by atoms with van der Waals surface area (Å²) in [6, 6.07) is 7.88. The van der Waals surface area contributed by atoms with Crippen LogP contribution in [0.15, 0.2) is 24.3 Å². The van der Waals surface area contributed by atoms with Crippen molar-refractivity contribution in [1.82, 2.24) is 15.5 Å². The minimum absolute atomic E-state index is 0. The van der Waals surface area contributed by atoms with Gasteiger partial charge in [0.1, 0.15) is 0 Å². The SMILES string of the molecule is Cl.Cl.O=C(NCC1CNCC1O)c1ccc(CN2CCSCC2)cc1. The average Bonchev–Trinajstić information content (AvgIpc) is 2.99. The number of benzene rings is 1. The van der Waals surface area contributed by atoms with E-state index in [0.29, 0.717) is 18.7 Å². The van der Waals surface area contributed by atoms with Gasteiger partial charge in [0.15, 0.2) is 0 Å². The van der Waals surface area contributed by atoms with Gasteiger partial charge in [-0.25, -0.2) is 0 Å². The van der Waals surface area contributed by atoms with Crippen LogP contribution in [0.4, 0.5) is 0 Å². The summed E-state index contributed by atoms with van der Waals surface area (Å²) in [4.78, 5) is 14.6. The lowest BCUT2D eigenvalue weighted by atomic mass is 10.1. The fourth-order valence-electron chi connectivity index (χ4n) is 3.03. The lowest BCUT2D eigenvalue weighted by Gasteiger charge is -2.26. The number of aliphatic hydroxyl groups excluding tert-OH is 1. The van der Waals surface area contributed by atoms with Gasteiger partial charge in [-0.3, -0.25) is 9.69 Å².